The third-order valence-corrected chi connectivity index (χ3v) is 3.12. The van der Waals surface area contributed by atoms with Gasteiger partial charge >= 0.3 is 0 Å². The fourth-order valence-electron chi connectivity index (χ4n) is 1.61. The Hall–Kier alpha value is -0.910. The van der Waals surface area contributed by atoms with Gasteiger partial charge in [-0.05, 0) is 46.9 Å². The fraction of sp³-hybridized carbons (Fsp3) is 0.273. The van der Waals surface area contributed by atoms with E-state index in [1.165, 1.54) is 0 Å². The van der Waals surface area contributed by atoms with Gasteiger partial charge in [0, 0.05) is 22.2 Å². The lowest BCUT2D eigenvalue weighted by atomic mass is 10.1. The first-order valence-corrected chi connectivity index (χ1v) is 5.82. The van der Waals surface area contributed by atoms with Crippen molar-refractivity contribution >= 4 is 40.0 Å². The molecular formula is C11H10INO2. The van der Waals surface area contributed by atoms with Gasteiger partial charge in [0.25, 0.3) is 0 Å². The van der Waals surface area contributed by atoms with Crippen molar-refractivity contribution in [1.82, 2.24) is 0 Å². The summed E-state index contributed by atoms with van der Waals surface area (Å²) in [6.07, 6.45) is 0.518. The van der Waals surface area contributed by atoms with E-state index in [9.17, 15) is 9.59 Å². The highest BCUT2D eigenvalue weighted by molar-refractivity contribution is 14.1. The molecule has 0 saturated carbocycles. The maximum absolute atomic E-state index is 11.6. The van der Waals surface area contributed by atoms with E-state index in [4.69, 9.17) is 0 Å². The number of carbonyl (C=O) groups is 2. The van der Waals surface area contributed by atoms with Gasteiger partial charge < -0.3 is 4.90 Å². The van der Waals surface area contributed by atoms with Crippen LogP contribution in [0.25, 0.3) is 0 Å². The molecule has 1 amide bonds. The molecule has 0 unspecified atom stereocenters. The Morgan fingerprint density at radius 1 is 1.13 bits per heavy atom. The average Bonchev–Trinajstić information content (AvgIpc) is 2.20. The first kappa shape index (κ1) is 10.6. The molecule has 2 rings (SSSR count). The summed E-state index contributed by atoms with van der Waals surface area (Å²) >= 11 is 2.22. The van der Waals surface area contributed by atoms with Crippen molar-refractivity contribution in [2.75, 3.05) is 11.4 Å². The third kappa shape index (κ3) is 2.37. The van der Waals surface area contributed by atoms with Gasteiger partial charge in [-0.1, -0.05) is 0 Å². The van der Waals surface area contributed by atoms with Gasteiger partial charge in [-0.25, -0.2) is 0 Å². The molecule has 1 aromatic carbocycles. The number of amides is 1. The molecule has 0 aromatic heterocycles. The lowest BCUT2D eigenvalue weighted by molar-refractivity contribution is -0.128. The third-order valence-electron chi connectivity index (χ3n) is 2.40. The second kappa shape index (κ2) is 4.30. The van der Waals surface area contributed by atoms with Gasteiger partial charge in [0.2, 0.25) is 5.91 Å². The average molecular weight is 315 g/mol. The summed E-state index contributed by atoms with van der Waals surface area (Å²) in [5.41, 5.74) is 0.882. The quantitative estimate of drug-likeness (QED) is 0.587. The van der Waals surface area contributed by atoms with Crippen molar-refractivity contribution in [2.45, 2.75) is 12.8 Å². The molecule has 1 aliphatic rings. The highest BCUT2D eigenvalue weighted by Crippen LogP contribution is 2.20. The normalized spacial score (nSPS) is 17.0. The minimum atomic E-state index is -0.0903. The molecule has 15 heavy (non-hydrogen) atoms. The second-order valence-electron chi connectivity index (χ2n) is 3.49. The van der Waals surface area contributed by atoms with Gasteiger partial charge in [0.15, 0.2) is 0 Å². The predicted molar refractivity (Wildman–Crippen MR) is 65.8 cm³/mol. The maximum atomic E-state index is 11.6. The van der Waals surface area contributed by atoms with Crippen LogP contribution in [0.15, 0.2) is 24.3 Å². The number of Topliss-reactive ketones (excluding diaryl/α,β-unsaturated/α-hetero) is 1. The van der Waals surface area contributed by atoms with Crippen LogP contribution in [0.4, 0.5) is 5.69 Å². The topological polar surface area (TPSA) is 37.4 Å². The Morgan fingerprint density at radius 3 is 2.40 bits per heavy atom. The predicted octanol–water partition coefficient (Wildman–Crippen LogP) is 1.99. The van der Waals surface area contributed by atoms with Crippen molar-refractivity contribution in [1.29, 1.82) is 0 Å². The standard InChI is InChI=1S/C11H10INO2/c12-8-1-3-9(4-2-8)13-6-5-10(14)7-11(13)15/h1-4H,5-7H2. The molecule has 3 nitrogen and oxygen atoms in total. The summed E-state index contributed by atoms with van der Waals surface area (Å²) in [5, 5.41) is 0. The SMILES string of the molecule is O=C1CCN(c2ccc(I)cc2)C(=O)C1. The van der Waals surface area contributed by atoms with Crippen LogP contribution < -0.4 is 4.90 Å². The van der Waals surface area contributed by atoms with Crippen molar-refractivity contribution in [3.05, 3.63) is 27.8 Å². The summed E-state index contributed by atoms with van der Waals surface area (Å²) in [4.78, 5) is 24.3. The van der Waals surface area contributed by atoms with Crippen LogP contribution in [0, 0.1) is 3.57 Å². The van der Waals surface area contributed by atoms with Crippen molar-refractivity contribution in [3.63, 3.8) is 0 Å². The molecule has 1 saturated heterocycles. The van der Waals surface area contributed by atoms with Gasteiger partial charge in [0.1, 0.15) is 5.78 Å². The summed E-state index contributed by atoms with van der Waals surface area (Å²) < 4.78 is 1.14. The van der Waals surface area contributed by atoms with Crippen molar-refractivity contribution < 1.29 is 9.59 Å². The highest BCUT2D eigenvalue weighted by Gasteiger charge is 2.24. The molecule has 1 aromatic rings. The molecule has 78 valence electrons. The monoisotopic (exact) mass is 315 g/mol. The van der Waals surface area contributed by atoms with Gasteiger partial charge in [-0.2, -0.15) is 0 Å². The zero-order valence-electron chi connectivity index (χ0n) is 8.07. The Kier molecular flexibility index (Phi) is 3.04. The molecule has 0 radical (unpaired) electrons. The number of benzene rings is 1. The number of ketones is 1. The molecule has 4 heteroatoms. The number of nitrogens with zero attached hydrogens (tertiary/aromatic N) is 1. The summed E-state index contributed by atoms with van der Waals surface area (Å²) in [6.45, 7) is 0.512. The Balaban J connectivity index is 2.20. The number of piperidine rings is 1. The first-order valence-electron chi connectivity index (χ1n) is 4.74. The molecule has 0 atom stereocenters. The Bertz CT molecular complexity index is 400. The van der Waals surface area contributed by atoms with E-state index in [1.54, 1.807) is 4.90 Å². The molecular weight excluding hydrogens is 305 g/mol. The number of anilines is 1. The van der Waals surface area contributed by atoms with E-state index >= 15 is 0 Å². The van der Waals surface area contributed by atoms with E-state index in [-0.39, 0.29) is 18.1 Å². The number of carbonyl (C=O) groups excluding carboxylic acids is 2. The zero-order chi connectivity index (χ0) is 10.8. The van der Waals surface area contributed by atoms with Gasteiger partial charge in [-0.3, -0.25) is 9.59 Å². The van der Waals surface area contributed by atoms with Gasteiger partial charge in [-0.15, -0.1) is 0 Å². The van der Waals surface area contributed by atoms with E-state index < -0.39 is 0 Å². The number of hydrogen-bond donors (Lipinski definition) is 0. The molecule has 1 fully saturated rings. The molecule has 0 aliphatic carbocycles. The van der Waals surface area contributed by atoms with Crippen LogP contribution >= 0.6 is 22.6 Å². The number of hydrogen-bond acceptors (Lipinski definition) is 2. The van der Waals surface area contributed by atoms with E-state index in [0.717, 1.165) is 9.26 Å². The molecule has 0 N–H and O–H groups in total. The van der Waals surface area contributed by atoms with Crippen molar-refractivity contribution in [2.24, 2.45) is 0 Å². The summed E-state index contributed by atoms with van der Waals surface area (Å²) in [6, 6.07) is 7.74. The highest BCUT2D eigenvalue weighted by atomic mass is 127. The Labute approximate surface area is 102 Å². The van der Waals surface area contributed by atoms with Crippen LogP contribution in [0.2, 0.25) is 0 Å². The fourth-order valence-corrected chi connectivity index (χ4v) is 1.97. The minimum Gasteiger partial charge on any atom is -0.312 e. The van der Waals surface area contributed by atoms with Crippen LogP contribution in [0.5, 0.6) is 0 Å². The summed E-state index contributed by atoms with van der Waals surface area (Å²) in [5.74, 6) is -0.0470. The maximum Gasteiger partial charge on any atom is 0.234 e. The molecule has 1 heterocycles. The smallest absolute Gasteiger partial charge is 0.234 e. The van der Waals surface area contributed by atoms with Crippen LogP contribution in [-0.2, 0) is 9.59 Å². The lowest BCUT2D eigenvalue weighted by Gasteiger charge is -2.26. The van der Waals surface area contributed by atoms with Crippen LogP contribution in [0.1, 0.15) is 12.8 Å². The first-order chi connectivity index (χ1) is 7.16. The molecule has 0 bridgehead atoms. The minimum absolute atomic E-state index is 0.0433. The van der Waals surface area contributed by atoms with Gasteiger partial charge in [0.05, 0.1) is 6.42 Å². The van der Waals surface area contributed by atoms with Crippen LogP contribution in [0.3, 0.4) is 0 Å². The number of rotatable bonds is 1. The molecule has 0 spiro atoms. The van der Waals surface area contributed by atoms with Crippen molar-refractivity contribution in [3.8, 4) is 0 Å². The van der Waals surface area contributed by atoms with E-state index in [2.05, 4.69) is 22.6 Å². The zero-order valence-corrected chi connectivity index (χ0v) is 10.2. The van der Waals surface area contributed by atoms with E-state index in [0.29, 0.717) is 13.0 Å². The van der Waals surface area contributed by atoms with E-state index in [1.807, 2.05) is 24.3 Å². The molecule has 1 aliphatic heterocycles. The number of halogens is 1. The lowest BCUT2D eigenvalue weighted by Crippen LogP contribution is -2.38. The Morgan fingerprint density at radius 2 is 1.80 bits per heavy atom. The summed E-state index contributed by atoms with van der Waals surface area (Å²) in [7, 11) is 0. The largest absolute Gasteiger partial charge is 0.312 e. The van der Waals surface area contributed by atoms with Crippen LogP contribution in [-0.4, -0.2) is 18.2 Å². The second-order valence-corrected chi connectivity index (χ2v) is 4.73.